The van der Waals surface area contributed by atoms with E-state index in [1.54, 1.807) is 23.8 Å². The van der Waals surface area contributed by atoms with E-state index >= 15 is 0 Å². The standard InChI is InChI=1S/C24H32N2O3S/c1-4-22(24(28)25-5-2)26(17-20-12-9-13-21(16-20)29-3)23(27)14-15-30-18-19-10-7-6-8-11-19/h6-13,16,22H,4-5,14-15,17-18H2,1-3H3,(H,25,28)/t22-/m0/s1. The van der Waals surface area contributed by atoms with Gasteiger partial charge in [0.15, 0.2) is 0 Å². The first kappa shape index (κ1) is 23.8. The van der Waals surface area contributed by atoms with Crippen molar-refractivity contribution in [3.05, 3.63) is 65.7 Å². The number of hydrogen-bond acceptors (Lipinski definition) is 4. The van der Waals surface area contributed by atoms with Gasteiger partial charge >= 0.3 is 0 Å². The number of amides is 2. The molecule has 5 nitrogen and oxygen atoms in total. The fraction of sp³-hybridized carbons (Fsp3) is 0.417. The third-order valence-corrected chi connectivity index (χ3v) is 5.83. The largest absolute Gasteiger partial charge is 0.497 e. The molecule has 2 amide bonds. The predicted molar refractivity (Wildman–Crippen MR) is 124 cm³/mol. The Balaban J connectivity index is 2.06. The van der Waals surface area contributed by atoms with Crippen LogP contribution in [0.3, 0.4) is 0 Å². The summed E-state index contributed by atoms with van der Waals surface area (Å²) in [6.45, 7) is 4.76. The number of hydrogen-bond donors (Lipinski definition) is 1. The van der Waals surface area contributed by atoms with E-state index in [1.165, 1.54) is 5.56 Å². The number of rotatable bonds is 12. The van der Waals surface area contributed by atoms with Crippen LogP contribution in [0.4, 0.5) is 0 Å². The van der Waals surface area contributed by atoms with E-state index in [2.05, 4.69) is 17.4 Å². The van der Waals surface area contributed by atoms with Gasteiger partial charge in [0, 0.05) is 31.0 Å². The van der Waals surface area contributed by atoms with Gasteiger partial charge in [-0.1, -0.05) is 49.4 Å². The molecule has 0 radical (unpaired) electrons. The maximum atomic E-state index is 13.1. The second-order valence-corrected chi connectivity index (χ2v) is 8.09. The molecule has 0 spiro atoms. The zero-order chi connectivity index (χ0) is 21.8. The van der Waals surface area contributed by atoms with Gasteiger partial charge < -0.3 is 15.0 Å². The molecular weight excluding hydrogens is 396 g/mol. The number of benzene rings is 2. The van der Waals surface area contributed by atoms with Crippen LogP contribution in [0.15, 0.2) is 54.6 Å². The summed E-state index contributed by atoms with van der Waals surface area (Å²) >= 11 is 1.73. The number of carbonyl (C=O) groups is 2. The number of methoxy groups -OCH3 is 1. The molecule has 30 heavy (non-hydrogen) atoms. The minimum atomic E-state index is -0.484. The number of thioether (sulfide) groups is 1. The molecule has 2 aromatic carbocycles. The molecule has 0 bridgehead atoms. The molecule has 0 aliphatic heterocycles. The Morgan fingerprint density at radius 3 is 2.47 bits per heavy atom. The van der Waals surface area contributed by atoms with E-state index < -0.39 is 6.04 Å². The molecule has 0 aliphatic rings. The highest BCUT2D eigenvalue weighted by Crippen LogP contribution is 2.19. The number of likely N-dealkylation sites (N-methyl/N-ethyl adjacent to an activating group) is 1. The van der Waals surface area contributed by atoms with Crippen molar-refractivity contribution in [1.82, 2.24) is 10.2 Å². The van der Waals surface area contributed by atoms with Crippen molar-refractivity contribution in [3.8, 4) is 5.75 Å². The Labute approximate surface area is 184 Å². The maximum absolute atomic E-state index is 13.1. The molecule has 0 saturated heterocycles. The van der Waals surface area contributed by atoms with Gasteiger partial charge in [0.2, 0.25) is 11.8 Å². The molecule has 1 N–H and O–H groups in total. The summed E-state index contributed by atoms with van der Waals surface area (Å²) in [5, 5.41) is 2.87. The minimum absolute atomic E-state index is 0.00325. The molecule has 2 aromatic rings. The van der Waals surface area contributed by atoms with Crippen molar-refractivity contribution in [1.29, 1.82) is 0 Å². The average molecular weight is 429 g/mol. The van der Waals surface area contributed by atoms with Crippen LogP contribution in [0.5, 0.6) is 5.75 Å². The quantitative estimate of drug-likeness (QED) is 0.513. The summed E-state index contributed by atoms with van der Waals surface area (Å²) in [6, 6.07) is 17.4. The third kappa shape index (κ3) is 7.41. The minimum Gasteiger partial charge on any atom is -0.497 e. The van der Waals surface area contributed by atoms with E-state index in [1.807, 2.05) is 56.3 Å². The molecule has 0 saturated carbocycles. The SMILES string of the molecule is CCNC(=O)[C@H](CC)N(Cc1cccc(OC)c1)C(=O)CCSCc1ccccc1. The first-order valence-corrected chi connectivity index (χ1v) is 11.6. The number of nitrogens with zero attached hydrogens (tertiary/aromatic N) is 1. The lowest BCUT2D eigenvalue weighted by atomic mass is 10.1. The molecular formula is C24H32N2O3S. The molecule has 0 aromatic heterocycles. The van der Waals surface area contributed by atoms with Crippen molar-refractivity contribution >= 4 is 23.6 Å². The van der Waals surface area contributed by atoms with Gasteiger partial charge in [-0.3, -0.25) is 9.59 Å². The smallest absolute Gasteiger partial charge is 0.242 e. The maximum Gasteiger partial charge on any atom is 0.242 e. The normalized spacial score (nSPS) is 11.6. The van der Waals surface area contributed by atoms with E-state index in [9.17, 15) is 9.59 Å². The summed E-state index contributed by atoms with van der Waals surface area (Å²) in [4.78, 5) is 27.4. The highest BCUT2D eigenvalue weighted by atomic mass is 32.2. The number of carbonyl (C=O) groups excluding carboxylic acids is 2. The monoisotopic (exact) mass is 428 g/mol. The highest BCUT2D eigenvalue weighted by molar-refractivity contribution is 7.98. The zero-order valence-electron chi connectivity index (χ0n) is 18.1. The van der Waals surface area contributed by atoms with Crippen molar-refractivity contribution in [2.24, 2.45) is 0 Å². The fourth-order valence-electron chi connectivity index (χ4n) is 3.25. The summed E-state index contributed by atoms with van der Waals surface area (Å²) in [5.41, 5.74) is 2.19. The third-order valence-electron chi connectivity index (χ3n) is 4.80. The van der Waals surface area contributed by atoms with Gasteiger partial charge in [0.05, 0.1) is 7.11 Å². The Kier molecular flexibility index (Phi) is 10.3. The predicted octanol–water partition coefficient (Wildman–Crippen LogP) is 4.26. The van der Waals surface area contributed by atoms with Crippen molar-refractivity contribution in [2.45, 2.75) is 45.0 Å². The van der Waals surface area contributed by atoms with Crippen LogP contribution in [0, 0.1) is 0 Å². The Morgan fingerprint density at radius 2 is 1.80 bits per heavy atom. The number of nitrogens with one attached hydrogen (secondary N) is 1. The lowest BCUT2D eigenvalue weighted by Gasteiger charge is -2.30. The first-order valence-electron chi connectivity index (χ1n) is 10.4. The van der Waals surface area contributed by atoms with Crippen molar-refractivity contribution in [3.63, 3.8) is 0 Å². The molecule has 0 unspecified atom stereocenters. The van der Waals surface area contributed by atoms with Crippen LogP contribution >= 0.6 is 11.8 Å². The molecule has 0 heterocycles. The lowest BCUT2D eigenvalue weighted by molar-refractivity contribution is -0.141. The van der Waals surface area contributed by atoms with Crippen LogP contribution in [0.1, 0.15) is 37.8 Å². The van der Waals surface area contributed by atoms with E-state index in [-0.39, 0.29) is 11.8 Å². The van der Waals surface area contributed by atoms with E-state index in [4.69, 9.17) is 4.74 Å². The van der Waals surface area contributed by atoms with Gasteiger partial charge in [-0.25, -0.2) is 0 Å². The van der Waals surface area contributed by atoms with Gasteiger partial charge in [-0.2, -0.15) is 11.8 Å². The van der Waals surface area contributed by atoms with E-state index in [0.29, 0.717) is 31.7 Å². The second-order valence-electron chi connectivity index (χ2n) is 6.98. The number of ether oxygens (including phenoxy) is 1. The summed E-state index contributed by atoms with van der Waals surface area (Å²) in [6.07, 6.45) is 0.968. The summed E-state index contributed by atoms with van der Waals surface area (Å²) < 4.78 is 5.31. The first-order chi connectivity index (χ1) is 14.6. The Bertz CT molecular complexity index is 798. The fourth-order valence-corrected chi connectivity index (χ4v) is 4.14. The van der Waals surface area contributed by atoms with Crippen molar-refractivity contribution in [2.75, 3.05) is 19.4 Å². The van der Waals surface area contributed by atoms with Crippen LogP contribution < -0.4 is 10.1 Å². The molecule has 2 rings (SSSR count). The van der Waals surface area contributed by atoms with Gasteiger partial charge in [0.1, 0.15) is 11.8 Å². The van der Waals surface area contributed by atoms with Crippen molar-refractivity contribution < 1.29 is 14.3 Å². The Morgan fingerprint density at radius 1 is 1.07 bits per heavy atom. The van der Waals surface area contributed by atoms with Gasteiger partial charge in [0.25, 0.3) is 0 Å². The summed E-state index contributed by atoms with van der Waals surface area (Å²) in [7, 11) is 1.62. The van der Waals surface area contributed by atoms with Gasteiger partial charge in [-0.05, 0) is 36.6 Å². The summed E-state index contributed by atoms with van der Waals surface area (Å²) in [5.74, 6) is 2.22. The molecule has 6 heteroatoms. The molecule has 162 valence electrons. The molecule has 1 atom stereocenters. The topological polar surface area (TPSA) is 58.6 Å². The van der Waals surface area contributed by atoms with Crippen LogP contribution in [0.25, 0.3) is 0 Å². The molecule has 0 aliphatic carbocycles. The van der Waals surface area contributed by atoms with Gasteiger partial charge in [-0.15, -0.1) is 0 Å². The second kappa shape index (κ2) is 13.0. The Hall–Kier alpha value is -2.47. The lowest BCUT2D eigenvalue weighted by Crippen LogP contribution is -2.49. The highest BCUT2D eigenvalue weighted by Gasteiger charge is 2.28. The zero-order valence-corrected chi connectivity index (χ0v) is 18.9. The molecule has 0 fully saturated rings. The average Bonchev–Trinajstić information content (AvgIpc) is 2.77. The van der Waals surface area contributed by atoms with Crippen LogP contribution in [-0.4, -0.2) is 42.2 Å². The van der Waals surface area contributed by atoms with Crippen LogP contribution in [-0.2, 0) is 21.9 Å². The van der Waals surface area contributed by atoms with Crippen LogP contribution in [0.2, 0.25) is 0 Å². The van der Waals surface area contributed by atoms with E-state index in [0.717, 1.165) is 17.1 Å².